The summed E-state index contributed by atoms with van der Waals surface area (Å²) in [4.78, 5) is 24.1. The highest BCUT2D eigenvalue weighted by Crippen LogP contribution is 2.28. The molecule has 0 fully saturated rings. The number of benzene rings is 2. The number of furan rings is 1. The molecule has 0 atom stereocenters. The normalized spacial score (nSPS) is 10.7. The second-order valence-electron chi connectivity index (χ2n) is 5.42. The number of hydrogen-bond donors (Lipinski definition) is 1. The molecule has 6 heteroatoms. The van der Waals surface area contributed by atoms with Crippen molar-refractivity contribution >= 4 is 28.5 Å². The molecule has 5 nitrogen and oxygen atoms in total. The van der Waals surface area contributed by atoms with Crippen LogP contribution in [0.3, 0.4) is 0 Å². The molecule has 3 rings (SSSR count). The van der Waals surface area contributed by atoms with Gasteiger partial charge in [-0.3, -0.25) is 4.79 Å². The first-order valence-corrected chi connectivity index (χ1v) is 7.77. The molecule has 0 aliphatic carbocycles. The van der Waals surface area contributed by atoms with Crippen molar-refractivity contribution in [2.45, 2.75) is 13.8 Å². The van der Waals surface area contributed by atoms with Crippen LogP contribution in [0.15, 0.2) is 46.9 Å². The Balaban J connectivity index is 1.90. The highest BCUT2D eigenvalue weighted by atomic mass is 19.1. The number of ether oxygens (including phenoxy) is 1. The van der Waals surface area contributed by atoms with Crippen molar-refractivity contribution in [3.63, 3.8) is 0 Å². The maximum Gasteiger partial charge on any atom is 0.374 e. The molecule has 0 bridgehead atoms. The van der Waals surface area contributed by atoms with Gasteiger partial charge in [0.15, 0.2) is 0 Å². The van der Waals surface area contributed by atoms with Gasteiger partial charge in [0.05, 0.1) is 12.2 Å². The van der Waals surface area contributed by atoms with Gasteiger partial charge in [0.25, 0.3) is 5.91 Å². The molecule has 1 amide bonds. The highest BCUT2D eigenvalue weighted by Gasteiger charge is 2.19. The topological polar surface area (TPSA) is 68.5 Å². The summed E-state index contributed by atoms with van der Waals surface area (Å²) in [5.41, 5.74) is 1.49. The molecule has 1 heterocycles. The van der Waals surface area contributed by atoms with Gasteiger partial charge in [-0.1, -0.05) is 12.1 Å². The third-order valence-electron chi connectivity index (χ3n) is 3.78. The van der Waals surface area contributed by atoms with Crippen LogP contribution in [0.5, 0.6) is 0 Å². The average molecular weight is 341 g/mol. The van der Waals surface area contributed by atoms with Crippen molar-refractivity contribution in [1.29, 1.82) is 0 Å². The first-order valence-electron chi connectivity index (χ1n) is 7.77. The van der Waals surface area contributed by atoms with Gasteiger partial charge >= 0.3 is 5.97 Å². The minimum Gasteiger partial charge on any atom is -0.460 e. The fraction of sp³-hybridized carbons (Fsp3) is 0.158. The lowest BCUT2D eigenvalue weighted by Gasteiger charge is -2.06. The van der Waals surface area contributed by atoms with Gasteiger partial charge in [0, 0.05) is 22.7 Å². The van der Waals surface area contributed by atoms with Gasteiger partial charge in [0.2, 0.25) is 5.76 Å². The third-order valence-corrected chi connectivity index (χ3v) is 3.78. The van der Waals surface area contributed by atoms with Crippen molar-refractivity contribution in [2.75, 3.05) is 11.9 Å². The van der Waals surface area contributed by atoms with Gasteiger partial charge in [-0.2, -0.15) is 0 Å². The van der Waals surface area contributed by atoms with Gasteiger partial charge < -0.3 is 14.5 Å². The molecule has 3 aromatic rings. The lowest BCUT2D eigenvalue weighted by molar-refractivity contribution is 0.0491. The number of carbonyl (C=O) groups is 2. The predicted molar refractivity (Wildman–Crippen MR) is 91.3 cm³/mol. The number of amides is 1. The standard InChI is InChI=1S/C19H16FNO4/c1-3-24-19(23)17-11(2)13-9-8-12(10-16(13)25-17)21-18(22)14-6-4-5-7-15(14)20/h4-10H,3H2,1-2H3,(H,21,22). The molecule has 0 aliphatic rings. The number of halogens is 1. The minimum atomic E-state index is -0.598. The smallest absolute Gasteiger partial charge is 0.374 e. The van der Waals surface area contributed by atoms with Crippen LogP contribution >= 0.6 is 0 Å². The van der Waals surface area contributed by atoms with Crippen LogP contribution in [0.1, 0.15) is 33.4 Å². The number of nitrogens with one attached hydrogen (secondary N) is 1. The number of anilines is 1. The summed E-state index contributed by atoms with van der Waals surface area (Å²) in [6.45, 7) is 3.72. The molecule has 0 saturated carbocycles. The van der Waals surface area contributed by atoms with Crippen molar-refractivity contribution < 1.29 is 23.1 Å². The monoisotopic (exact) mass is 341 g/mol. The Morgan fingerprint density at radius 1 is 1.20 bits per heavy atom. The van der Waals surface area contributed by atoms with Crippen LogP contribution in [-0.4, -0.2) is 18.5 Å². The number of fused-ring (bicyclic) bond motifs is 1. The van der Waals surface area contributed by atoms with E-state index in [0.717, 1.165) is 5.39 Å². The van der Waals surface area contributed by atoms with E-state index in [4.69, 9.17) is 9.15 Å². The van der Waals surface area contributed by atoms with Crippen LogP contribution < -0.4 is 5.32 Å². The minimum absolute atomic E-state index is 0.0505. The van der Waals surface area contributed by atoms with Crippen LogP contribution in [0.4, 0.5) is 10.1 Å². The van der Waals surface area contributed by atoms with Crippen LogP contribution in [0, 0.1) is 12.7 Å². The van der Waals surface area contributed by atoms with E-state index >= 15 is 0 Å². The molecule has 0 spiro atoms. The first-order chi connectivity index (χ1) is 12.0. The van der Waals surface area contributed by atoms with Crippen molar-refractivity contribution in [2.24, 2.45) is 0 Å². The van der Waals surface area contributed by atoms with Crippen molar-refractivity contribution in [3.05, 3.63) is 65.2 Å². The van der Waals surface area contributed by atoms with E-state index in [0.29, 0.717) is 16.8 Å². The van der Waals surface area contributed by atoms with Gasteiger partial charge in [-0.15, -0.1) is 0 Å². The molecular formula is C19H16FNO4. The molecule has 25 heavy (non-hydrogen) atoms. The SMILES string of the molecule is CCOC(=O)c1oc2cc(NC(=O)c3ccccc3F)ccc2c1C. The van der Waals surface area contributed by atoms with Gasteiger partial charge in [-0.05, 0) is 38.1 Å². The maximum atomic E-state index is 13.7. The van der Waals surface area contributed by atoms with E-state index in [1.54, 1.807) is 38.1 Å². The summed E-state index contributed by atoms with van der Waals surface area (Å²) in [6, 6.07) is 10.7. The quantitative estimate of drug-likeness (QED) is 0.718. The van der Waals surface area contributed by atoms with E-state index in [1.165, 1.54) is 18.2 Å². The van der Waals surface area contributed by atoms with E-state index in [1.807, 2.05) is 0 Å². The number of aryl methyl sites for hydroxylation is 1. The van der Waals surface area contributed by atoms with Crippen molar-refractivity contribution in [3.8, 4) is 0 Å². The molecule has 0 unspecified atom stereocenters. The number of carbonyl (C=O) groups excluding carboxylic acids is 2. The second kappa shape index (κ2) is 6.76. The van der Waals surface area contributed by atoms with Crippen LogP contribution in [0.25, 0.3) is 11.0 Å². The second-order valence-corrected chi connectivity index (χ2v) is 5.42. The Morgan fingerprint density at radius 3 is 2.68 bits per heavy atom. The average Bonchev–Trinajstić information content (AvgIpc) is 2.92. The maximum absolute atomic E-state index is 13.7. The summed E-state index contributed by atoms with van der Waals surface area (Å²) < 4.78 is 24.2. The number of hydrogen-bond acceptors (Lipinski definition) is 4. The molecule has 0 aliphatic heterocycles. The van der Waals surface area contributed by atoms with E-state index < -0.39 is 17.7 Å². The molecule has 2 aromatic carbocycles. The van der Waals surface area contributed by atoms with E-state index in [2.05, 4.69) is 5.32 Å². The van der Waals surface area contributed by atoms with Crippen molar-refractivity contribution in [1.82, 2.24) is 0 Å². The number of esters is 1. The van der Waals surface area contributed by atoms with Gasteiger partial charge in [0.1, 0.15) is 11.4 Å². The van der Waals surface area contributed by atoms with Crippen LogP contribution in [0.2, 0.25) is 0 Å². The summed E-state index contributed by atoms with van der Waals surface area (Å²) in [5.74, 6) is -1.56. The summed E-state index contributed by atoms with van der Waals surface area (Å²) in [5, 5.41) is 3.36. The predicted octanol–water partition coefficient (Wildman–Crippen LogP) is 4.31. The Labute approximate surface area is 143 Å². The van der Waals surface area contributed by atoms with E-state index in [9.17, 15) is 14.0 Å². The van der Waals surface area contributed by atoms with E-state index in [-0.39, 0.29) is 17.9 Å². The molecule has 0 radical (unpaired) electrons. The Morgan fingerprint density at radius 2 is 1.96 bits per heavy atom. The third kappa shape index (κ3) is 3.24. The lowest BCUT2D eigenvalue weighted by Crippen LogP contribution is -2.13. The Kier molecular flexibility index (Phi) is 4.52. The largest absolute Gasteiger partial charge is 0.460 e. The van der Waals surface area contributed by atoms with Gasteiger partial charge in [-0.25, -0.2) is 9.18 Å². The zero-order valence-electron chi connectivity index (χ0n) is 13.8. The van der Waals surface area contributed by atoms with Crippen LogP contribution in [-0.2, 0) is 4.74 Å². The Bertz CT molecular complexity index is 961. The number of rotatable bonds is 4. The zero-order chi connectivity index (χ0) is 18.0. The molecule has 1 N–H and O–H groups in total. The molecule has 0 saturated heterocycles. The summed E-state index contributed by atoms with van der Waals surface area (Å²) >= 11 is 0. The summed E-state index contributed by atoms with van der Waals surface area (Å²) in [7, 11) is 0. The Hall–Kier alpha value is -3.15. The lowest BCUT2D eigenvalue weighted by atomic mass is 10.1. The summed E-state index contributed by atoms with van der Waals surface area (Å²) in [6.07, 6.45) is 0. The first kappa shape index (κ1) is 16.7. The molecular weight excluding hydrogens is 325 g/mol. The fourth-order valence-electron chi connectivity index (χ4n) is 2.54. The molecule has 1 aromatic heterocycles. The zero-order valence-corrected chi connectivity index (χ0v) is 13.8. The highest BCUT2D eigenvalue weighted by molar-refractivity contribution is 6.05. The fourth-order valence-corrected chi connectivity index (χ4v) is 2.54. The molecule has 128 valence electrons.